The van der Waals surface area contributed by atoms with Crippen LogP contribution in [0.2, 0.25) is 0 Å². The molecule has 4 nitrogen and oxygen atoms in total. The predicted octanol–water partition coefficient (Wildman–Crippen LogP) is 4.43. The Morgan fingerprint density at radius 3 is 2.52 bits per heavy atom. The summed E-state index contributed by atoms with van der Waals surface area (Å²) in [7, 11) is 0. The normalized spacial score (nSPS) is 21.5. The van der Waals surface area contributed by atoms with E-state index in [4.69, 9.17) is 10.2 Å². The van der Waals surface area contributed by atoms with Gasteiger partial charge in [0.15, 0.2) is 5.58 Å². The third-order valence-electron chi connectivity index (χ3n) is 4.29. The molecule has 0 radical (unpaired) electrons. The lowest BCUT2D eigenvalue weighted by Crippen LogP contribution is -2.40. The fourth-order valence-corrected chi connectivity index (χ4v) is 4.13. The van der Waals surface area contributed by atoms with Crippen molar-refractivity contribution >= 4 is 22.8 Å². The van der Waals surface area contributed by atoms with Gasteiger partial charge in [0.25, 0.3) is 6.01 Å². The van der Waals surface area contributed by atoms with Crippen LogP contribution in [0.5, 0.6) is 0 Å². The van der Waals surface area contributed by atoms with Gasteiger partial charge in [-0.25, -0.2) is 0 Å². The number of aromatic nitrogens is 1. The molecule has 1 saturated carbocycles. The summed E-state index contributed by atoms with van der Waals surface area (Å²) in [5.74, 6) is 0. The van der Waals surface area contributed by atoms with E-state index in [2.05, 4.69) is 38.0 Å². The Morgan fingerprint density at radius 1 is 1.19 bits per heavy atom. The van der Waals surface area contributed by atoms with Crippen LogP contribution in [0, 0.1) is 10.8 Å². The molecule has 1 aliphatic rings. The van der Waals surface area contributed by atoms with Crippen LogP contribution in [0.4, 0.5) is 11.7 Å². The van der Waals surface area contributed by atoms with Gasteiger partial charge in [-0.3, -0.25) is 0 Å². The molecule has 0 bridgehead atoms. The Labute approximate surface area is 126 Å². The van der Waals surface area contributed by atoms with Crippen molar-refractivity contribution in [2.24, 2.45) is 10.8 Å². The van der Waals surface area contributed by atoms with E-state index in [0.717, 1.165) is 23.9 Å². The molecule has 1 aromatic heterocycles. The Kier molecular flexibility index (Phi) is 3.15. The van der Waals surface area contributed by atoms with Crippen molar-refractivity contribution in [3.8, 4) is 0 Å². The van der Waals surface area contributed by atoms with Crippen molar-refractivity contribution in [2.75, 3.05) is 11.1 Å². The zero-order valence-electron chi connectivity index (χ0n) is 13.4. The molecule has 0 amide bonds. The molecule has 2 aromatic rings. The summed E-state index contributed by atoms with van der Waals surface area (Å²) in [5.41, 5.74) is 8.77. The van der Waals surface area contributed by atoms with Crippen LogP contribution < -0.4 is 11.1 Å². The molecule has 1 aromatic carbocycles. The van der Waals surface area contributed by atoms with E-state index < -0.39 is 0 Å². The summed E-state index contributed by atoms with van der Waals surface area (Å²) in [6.45, 7) is 9.37. The summed E-state index contributed by atoms with van der Waals surface area (Å²) >= 11 is 0. The number of nitrogens with one attached hydrogen (secondary N) is 1. The number of anilines is 2. The maximum Gasteiger partial charge on any atom is 0.295 e. The average Bonchev–Trinajstić information content (AvgIpc) is 2.65. The molecule has 0 atom stereocenters. The number of rotatable bonds is 2. The van der Waals surface area contributed by atoms with Crippen LogP contribution in [0.15, 0.2) is 22.6 Å². The topological polar surface area (TPSA) is 64.1 Å². The third kappa shape index (κ3) is 3.14. The first-order chi connectivity index (χ1) is 9.72. The van der Waals surface area contributed by atoms with E-state index in [-0.39, 0.29) is 0 Å². The first kappa shape index (κ1) is 14.2. The molecule has 0 spiro atoms. The fourth-order valence-electron chi connectivity index (χ4n) is 4.13. The minimum Gasteiger partial charge on any atom is -0.424 e. The Hall–Kier alpha value is -1.71. The lowest BCUT2D eigenvalue weighted by Gasteiger charge is -2.44. The molecular formula is C17H25N3O. The van der Waals surface area contributed by atoms with Crippen LogP contribution in [0.25, 0.3) is 11.1 Å². The highest BCUT2D eigenvalue weighted by molar-refractivity contribution is 5.78. The van der Waals surface area contributed by atoms with Gasteiger partial charge < -0.3 is 15.5 Å². The standard InChI is InChI=1S/C17H25N3O/c1-16(2)8-12(9-17(3,4)10-16)19-15-20-13-7-11(18)5-6-14(13)21-15/h5-7,12H,8-10,18H2,1-4H3,(H,19,20). The van der Waals surface area contributed by atoms with Crippen molar-refractivity contribution in [2.45, 2.75) is 53.0 Å². The van der Waals surface area contributed by atoms with Gasteiger partial charge in [-0.1, -0.05) is 27.7 Å². The van der Waals surface area contributed by atoms with Crippen molar-refractivity contribution in [3.63, 3.8) is 0 Å². The van der Waals surface area contributed by atoms with E-state index >= 15 is 0 Å². The van der Waals surface area contributed by atoms with Crippen molar-refractivity contribution in [3.05, 3.63) is 18.2 Å². The zero-order chi connectivity index (χ0) is 15.3. The van der Waals surface area contributed by atoms with E-state index in [9.17, 15) is 0 Å². The SMILES string of the molecule is CC1(C)CC(Nc2nc3cc(N)ccc3o2)CC(C)(C)C1. The fraction of sp³-hybridized carbons (Fsp3) is 0.588. The second-order valence-corrected chi connectivity index (χ2v) is 8.00. The van der Waals surface area contributed by atoms with E-state index in [0.29, 0.717) is 28.6 Å². The van der Waals surface area contributed by atoms with E-state index in [1.54, 1.807) is 0 Å². The highest BCUT2D eigenvalue weighted by atomic mass is 16.4. The minimum absolute atomic E-state index is 0.343. The highest BCUT2D eigenvalue weighted by Crippen LogP contribution is 2.46. The molecule has 0 unspecified atom stereocenters. The molecule has 0 aliphatic heterocycles. The molecule has 21 heavy (non-hydrogen) atoms. The number of oxazole rings is 1. The summed E-state index contributed by atoms with van der Waals surface area (Å²) in [6, 6.07) is 6.56. The first-order valence-corrected chi connectivity index (χ1v) is 7.65. The third-order valence-corrected chi connectivity index (χ3v) is 4.29. The van der Waals surface area contributed by atoms with Gasteiger partial charge in [0, 0.05) is 11.7 Å². The van der Waals surface area contributed by atoms with Crippen molar-refractivity contribution in [1.29, 1.82) is 0 Å². The molecule has 1 heterocycles. The Bertz CT molecular complexity index is 641. The second-order valence-electron chi connectivity index (χ2n) is 8.00. The number of hydrogen-bond donors (Lipinski definition) is 2. The predicted molar refractivity (Wildman–Crippen MR) is 87.2 cm³/mol. The summed E-state index contributed by atoms with van der Waals surface area (Å²) in [6.07, 6.45) is 3.52. The van der Waals surface area contributed by atoms with Crippen LogP contribution in [-0.2, 0) is 0 Å². The van der Waals surface area contributed by atoms with Gasteiger partial charge in [-0.15, -0.1) is 0 Å². The molecular weight excluding hydrogens is 262 g/mol. The number of nitrogen functional groups attached to an aromatic ring is 1. The number of nitrogens with two attached hydrogens (primary N) is 1. The average molecular weight is 287 g/mol. The zero-order valence-corrected chi connectivity index (χ0v) is 13.4. The smallest absolute Gasteiger partial charge is 0.295 e. The lowest BCUT2D eigenvalue weighted by molar-refractivity contribution is 0.104. The van der Waals surface area contributed by atoms with Gasteiger partial charge in [-0.05, 0) is 48.3 Å². The van der Waals surface area contributed by atoms with E-state index in [1.165, 1.54) is 6.42 Å². The number of benzene rings is 1. The molecule has 114 valence electrons. The Morgan fingerprint density at radius 2 is 1.86 bits per heavy atom. The number of fused-ring (bicyclic) bond motifs is 1. The molecule has 3 N–H and O–H groups in total. The lowest BCUT2D eigenvalue weighted by atomic mass is 9.63. The summed E-state index contributed by atoms with van der Waals surface area (Å²) in [5, 5.41) is 3.48. The molecule has 1 fully saturated rings. The Balaban J connectivity index is 1.81. The van der Waals surface area contributed by atoms with Crippen LogP contribution in [0.3, 0.4) is 0 Å². The van der Waals surface area contributed by atoms with Gasteiger partial charge in [0.05, 0.1) is 0 Å². The van der Waals surface area contributed by atoms with Gasteiger partial charge in [-0.2, -0.15) is 4.98 Å². The van der Waals surface area contributed by atoms with Gasteiger partial charge in [0.1, 0.15) is 5.52 Å². The maximum atomic E-state index is 5.79. The minimum atomic E-state index is 0.343. The first-order valence-electron chi connectivity index (χ1n) is 7.65. The molecule has 0 saturated heterocycles. The van der Waals surface area contributed by atoms with Crippen LogP contribution in [-0.4, -0.2) is 11.0 Å². The number of nitrogens with zero attached hydrogens (tertiary/aromatic N) is 1. The monoisotopic (exact) mass is 287 g/mol. The van der Waals surface area contributed by atoms with Crippen molar-refractivity contribution < 1.29 is 4.42 Å². The second kappa shape index (κ2) is 4.65. The summed E-state index contributed by atoms with van der Waals surface area (Å²) < 4.78 is 5.78. The largest absolute Gasteiger partial charge is 0.424 e. The maximum absolute atomic E-state index is 5.79. The van der Waals surface area contributed by atoms with Crippen LogP contribution >= 0.6 is 0 Å². The van der Waals surface area contributed by atoms with Crippen molar-refractivity contribution in [1.82, 2.24) is 4.98 Å². The quantitative estimate of drug-likeness (QED) is 0.802. The molecule has 3 rings (SSSR count). The van der Waals surface area contributed by atoms with Gasteiger partial charge in [0.2, 0.25) is 0 Å². The highest BCUT2D eigenvalue weighted by Gasteiger charge is 2.38. The number of hydrogen-bond acceptors (Lipinski definition) is 4. The molecule has 1 aliphatic carbocycles. The van der Waals surface area contributed by atoms with Gasteiger partial charge >= 0.3 is 0 Å². The van der Waals surface area contributed by atoms with Crippen LogP contribution in [0.1, 0.15) is 47.0 Å². The summed E-state index contributed by atoms with van der Waals surface area (Å²) in [4.78, 5) is 4.51. The molecule has 4 heteroatoms. The van der Waals surface area contributed by atoms with E-state index in [1.807, 2.05) is 18.2 Å².